The number of aryl methyl sites for hydroxylation is 1. The molecular weight excluding hydrogens is 693 g/mol. The molecular formula is C55H38S. The van der Waals surface area contributed by atoms with Crippen molar-refractivity contribution in [3.8, 4) is 44.5 Å². The highest BCUT2D eigenvalue weighted by Crippen LogP contribution is 2.54. The minimum absolute atomic E-state index is 0.0921. The van der Waals surface area contributed by atoms with Crippen molar-refractivity contribution in [1.82, 2.24) is 0 Å². The summed E-state index contributed by atoms with van der Waals surface area (Å²) in [5, 5.41) is 11.9. The van der Waals surface area contributed by atoms with Crippen molar-refractivity contribution in [1.29, 1.82) is 0 Å². The lowest BCUT2D eigenvalue weighted by atomic mass is 9.81. The van der Waals surface area contributed by atoms with Gasteiger partial charge in [0.2, 0.25) is 0 Å². The molecule has 0 aliphatic heterocycles. The standard InChI is InChI=1S/C55H38S/c1-55(2)47-29-27-44-43(28-30-50-54(44)46-17-9-10-18-49(46)56-50)53(47)45-26-25-37(32-48(45)55)34-19-22-35(23-20-34)51-39-13-5-7-15-41(39)52(42-16-8-6-14-40(42)51)38-24-21-33-11-3-4-12-36(33)31-38/h3-8,10-16,18-32H,9,17H2,1-2H3. The third-order valence-electron chi connectivity index (χ3n) is 12.9. The maximum atomic E-state index is 2.47. The van der Waals surface area contributed by atoms with Gasteiger partial charge in [-0.3, -0.25) is 0 Å². The molecule has 0 N–H and O–H groups in total. The molecule has 0 amide bonds. The largest absolute Gasteiger partial charge is 0.136 e. The molecule has 0 saturated carbocycles. The van der Waals surface area contributed by atoms with Crippen LogP contribution in [0, 0.1) is 0 Å². The van der Waals surface area contributed by atoms with Gasteiger partial charge in [0, 0.05) is 20.4 Å². The lowest BCUT2D eigenvalue weighted by molar-refractivity contribution is 0.661. The third kappa shape index (κ3) is 4.53. The summed E-state index contributed by atoms with van der Waals surface area (Å²) in [6, 6.07) is 59.6. The minimum atomic E-state index is -0.0921. The van der Waals surface area contributed by atoms with E-state index in [1.165, 1.54) is 119 Å². The van der Waals surface area contributed by atoms with E-state index in [1.54, 1.807) is 0 Å². The first-order chi connectivity index (χ1) is 27.5. The van der Waals surface area contributed by atoms with E-state index in [0.29, 0.717) is 0 Å². The van der Waals surface area contributed by atoms with Gasteiger partial charge in [0.25, 0.3) is 0 Å². The average molecular weight is 731 g/mol. The molecule has 2 aliphatic rings. The summed E-state index contributed by atoms with van der Waals surface area (Å²) in [5.41, 5.74) is 14.7. The molecule has 10 aromatic rings. The first-order valence-electron chi connectivity index (χ1n) is 19.9. The van der Waals surface area contributed by atoms with Gasteiger partial charge in [0.1, 0.15) is 0 Å². The van der Waals surface area contributed by atoms with E-state index in [9.17, 15) is 0 Å². The highest BCUT2D eigenvalue weighted by atomic mass is 32.1. The molecule has 0 saturated heterocycles. The summed E-state index contributed by atoms with van der Waals surface area (Å²) in [7, 11) is 0. The maximum absolute atomic E-state index is 2.47. The number of benzene rings is 9. The van der Waals surface area contributed by atoms with Gasteiger partial charge in [-0.2, -0.15) is 0 Å². The molecule has 0 unspecified atom stereocenters. The highest BCUT2D eigenvalue weighted by molar-refractivity contribution is 7.20. The van der Waals surface area contributed by atoms with E-state index in [-0.39, 0.29) is 5.41 Å². The van der Waals surface area contributed by atoms with Gasteiger partial charge in [-0.15, -0.1) is 11.3 Å². The average Bonchev–Trinajstić information content (AvgIpc) is 3.74. The Labute approximate surface area is 331 Å². The van der Waals surface area contributed by atoms with Gasteiger partial charge in [-0.25, -0.2) is 0 Å². The molecule has 12 rings (SSSR count). The topological polar surface area (TPSA) is 0 Å². The van der Waals surface area contributed by atoms with Crippen molar-refractivity contribution in [2.75, 3.05) is 0 Å². The quantitative estimate of drug-likeness (QED) is 0.159. The second-order valence-electron chi connectivity index (χ2n) is 16.3. The molecule has 2 aliphatic carbocycles. The van der Waals surface area contributed by atoms with Crippen LogP contribution in [-0.2, 0) is 11.8 Å². The predicted molar refractivity (Wildman–Crippen MR) is 243 cm³/mol. The summed E-state index contributed by atoms with van der Waals surface area (Å²) in [6.07, 6.45) is 6.93. The van der Waals surface area contributed by atoms with Gasteiger partial charge >= 0.3 is 0 Å². The molecule has 0 bridgehead atoms. The van der Waals surface area contributed by atoms with E-state index in [4.69, 9.17) is 0 Å². The number of hydrogen-bond donors (Lipinski definition) is 0. The fraction of sp³-hybridized carbons (Fsp3) is 0.0909. The smallest absolute Gasteiger partial charge is 0.0358 e. The third-order valence-corrected chi connectivity index (χ3v) is 14.1. The van der Waals surface area contributed by atoms with Crippen LogP contribution in [0.25, 0.3) is 104 Å². The monoisotopic (exact) mass is 730 g/mol. The molecule has 1 heterocycles. The molecule has 264 valence electrons. The van der Waals surface area contributed by atoms with Crippen molar-refractivity contribution in [3.05, 3.63) is 185 Å². The molecule has 1 heteroatoms. The minimum Gasteiger partial charge on any atom is -0.136 e. The Morgan fingerprint density at radius 1 is 0.464 bits per heavy atom. The zero-order valence-electron chi connectivity index (χ0n) is 31.5. The lowest BCUT2D eigenvalue weighted by Gasteiger charge is -2.22. The second kappa shape index (κ2) is 11.9. The Kier molecular flexibility index (Phi) is 6.78. The van der Waals surface area contributed by atoms with Crippen LogP contribution >= 0.6 is 11.3 Å². The molecule has 0 atom stereocenters. The number of allylic oxidation sites excluding steroid dienone is 1. The molecule has 1 aromatic heterocycles. The van der Waals surface area contributed by atoms with E-state index in [2.05, 4.69) is 184 Å². The summed E-state index contributed by atoms with van der Waals surface area (Å²) >= 11 is 1.95. The summed E-state index contributed by atoms with van der Waals surface area (Å²) < 4.78 is 1.41. The first kappa shape index (κ1) is 32.0. The molecule has 56 heavy (non-hydrogen) atoms. The van der Waals surface area contributed by atoms with Gasteiger partial charge < -0.3 is 0 Å². The molecule has 0 fully saturated rings. The normalized spacial score (nSPS) is 14.2. The zero-order chi connectivity index (χ0) is 37.1. The lowest BCUT2D eigenvalue weighted by Crippen LogP contribution is -2.15. The number of fused-ring (bicyclic) bond motifs is 12. The van der Waals surface area contributed by atoms with Crippen molar-refractivity contribution < 1.29 is 0 Å². The van der Waals surface area contributed by atoms with Crippen molar-refractivity contribution in [2.45, 2.75) is 32.1 Å². The molecule has 9 aromatic carbocycles. The number of rotatable bonds is 3. The Morgan fingerprint density at radius 2 is 1.07 bits per heavy atom. The van der Waals surface area contributed by atoms with Crippen LogP contribution in [0.15, 0.2) is 164 Å². The van der Waals surface area contributed by atoms with Crippen LogP contribution in [0.2, 0.25) is 0 Å². The second-order valence-corrected chi connectivity index (χ2v) is 17.4. The van der Waals surface area contributed by atoms with Crippen LogP contribution < -0.4 is 0 Å². The Bertz CT molecular complexity index is 3260. The Hall–Kier alpha value is -6.28. The van der Waals surface area contributed by atoms with Crippen LogP contribution in [-0.4, -0.2) is 0 Å². The van der Waals surface area contributed by atoms with Gasteiger partial charge in [0.15, 0.2) is 0 Å². The summed E-state index contributed by atoms with van der Waals surface area (Å²) in [4.78, 5) is 1.44. The fourth-order valence-electron chi connectivity index (χ4n) is 10.2. The zero-order valence-corrected chi connectivity index (χ0v) is 32.3. The van der Waals surface area contributed by atoms with Crippen molar-refractivity contribution >= 4 is 70.6 Å². The van der Waals surface area contributed by atoms with E-state index in [0.717, 1.165) is 12.8 Å². The summed E-state index contributed by atoms with van der Waals surface area (Å²) in [5.74, 6) is 0. The molecule has 0 nitrogen and oxygen atoms in total. The SMILES string of the molecule is CC1(C)c2cc(-c3ccc(-c4c5ccccc5c(-c5ccc6ccccc6c5)c5ccccc45)cc3)ccc2-c2c1ccc1c2ccc2sc3c(c21)CCC=C3. The van der Waals surface area contributed by atoms with Crippen LogP contribution in [0.5, 0.6) is 0 Å². The van der Waals surface area contributed by atoms with Crippen LogP contribution in [0.3, 0.4) is 0 Å². The Balaban J connectivity index is 0.973. The van der Waals surface area contributed by atoms with Crippen LogP contribution in [0.1, 0.15) is 41.8 Å². The van der Waals surface area contributed by atoms with Gasteiger partial charge in [-0.05, 0) is 141 Å². The van der Waals surface area contributed by atoms with Gasteiger partial charge in [0.05, 0.1) is 0 Å². The highest BCUT2D eigenvalue weighted by Gasteiger charge is 2.37. The molecule has 0 spiro atoms. The summed E-state index contributed by atoms with van der Waals surface area (Å²) in [6.45, 7) is 4.81. The maximum Gasteiger partial charge on any atom is 0.0358 e. The predicted octanol–water partition coefficient (Wildman–Crippen LogP) is 15.8. The number of hydrogen-bond acceptors (Lipinski definition) is 1. The fourth-order valence-corrected chi connectivity index (χ4v) is 11.4. The van der Waals surface area contributed by atoms with Crippen molar-refractivity contribution in [3.63, 3.8) is 0 Å². The molecule has 0 radical (unpaired) electrons. The van der Waals surface area contributed by atoms with Gasteiger partial charge in [-0.1, -0.05) is 159 Å². The van der Waals surface area contributed by atoms with E-state index < -0.39 is 0 Å². The first-order valence-corrected chi connectivity index (χ1v) is 20.7. The van der Waals surface area contributed by atoms with E-state index in [1.807, 2.05) is 11.3 Å². The van der Waals surface area contributed by atoms with Crippen LogP contribution in [0.4, 0.5) is 0 Å². The Morgan fingerprint density at radius 3 is 1.82 bits per heavy atom. The van der Waals surface area contributed by atoms with E-state index >= 15 is 0 Å². The van der Waals surface area contributed by atoms with Crippen molar-refractivity contribution in [2.24, 2.45) is 0 Å². The number of thiophene rings is 1.